The number of carbonyl (C=O) groups is 2. The van der Waals surface area contributed by atoms with Crippen LogP contribution < -0.4 is 15.0 Å². The van der Waals surface area contributed by atoms with E-state index in [0.717, 1.165) is 23.7 Å². The van der Waals surface area contributed by atoms with Gasteiger partial charge in [-0.3, -0.25) is 19.5 Å². The van der Waals surface area contributed by atoms with Crippen molar-refractivity contribution in [2.24, 2.45) is 0 Å². The zero-order valence-electron chi connectivity index (χ0n) is 17.7. The maximum Gasteiger partial charge on any atom is 0.241 e. The van der Waals surface area contributed by atoms with Crippen LogP contribution in [0.25, 0.3) is 0 Å². The number of nitrogens with zero attached hydrogens (tertiary/aromatic N) is 4. The number of pyridine rings is 1. The summed E-state index contributed by atoms with van der Waals surface area (Å²) in [7, 11) is 5.13. The van der Waals surface area contributed by atoms with Gasteiger partial charge >= 0.3 is 0 Å². The number of methoxy groups -OCH3 is 1. The number of anilines is 1. The molecule has 0 aliphatic carbocycles. The molecule has 0 spiro atoms. The third-order valence-electron chi connectivity index (χ3n) is 5.19. The number of benzene rings is 1. The number of carbonyl (C=O) groups excluding carboxylic acids is 2. The second-order valence-electron chi connectivity index (χ2n) is 7.46. The van der Waals surface area contributed by atoms with Crippen molar-refractivity contribution in [3.05, 3.63) is 54.4 Å². The highest BCUT2D eigenvalue weighted by Gasteiger charge is 2.34. The summed E-state index contributed by atoms with van der Waals surface area (Å²) in [6, 6.07) is 13.0. The monoisotopic (exact) mass is 411 g/mol. The molecule has 1 aliphatic heterocycles. The molecule has 3 rings (SSSR count). The number of hydrogen-bond acceptors (Lipinski definition) is 6. The number of piperazine rings is 1. The molecule has 1 aliphatic rings. The fraction of sp³-hybridized carbons (Fsp3) is 0.409. The Balaban J connectivity index is 1.64. The summed E-state index contributed by atoms with van der Waals surface area (Å²) in [5, 5.41) is 2.90. The maximum absolute atomic E-state index is 12.8. The largest absolute Gasteiger partial charge is 0.497 e. The van der Waals surface area contributed by atoms with E-state index < -0.39 is 6.04 Å². The molecule has 1 aromatic carbocycles. The third kappa shape index (κ3) is 5.48. The average molecular weight is 412 g/mol. The topological polar surface area (TPSA) is 78.0 Å². The van der Waals surface area contributed by atoms with Crippen LogP contribution in [0.5, 0.6) is 5.75 Å². The number of hydrogen-bond donors (Lipinski definition) is 1. The van der Waals surface area contributed by atoms with E-state index in [4.69, 9.17) is 4.74 Å². The molecule has 0 saturated carbocycles. The minimum atomic E-state index is -0.392. The van der Waals surface area contributed by atoms with Crippen LogP contribution in [-0.2, 0) is 16.1 Å². The molecule has 8 nitrogen and oxygen atoms in total. The predicted octanol–water partition coefficient (Wildman–Crippen LogP) is 0.985. The second kappa shape index (κ2) is 10.1. The summed E-state index contributed by atoms with van der Waals surface area (Å²) in [6.07, 6.45) is 1.70. The van der Waals surface area contributed by atoms with Crippen LogP contribution in [0.4, 0.5) is 5.69 Å². The van der Waals surface area contributed by atoms with E-state index in [1.54, 1.807) is 32.3 Å². The standard InChI is InChI=1S/C22H29N5O3/c1-25(2)22(29)20-15-26(18-7-9-19(30-3)10-8-18)12-13-27(20)16-21(28)24-14-17-6-4-5-11-23-17/h4-11,20H,12-16H2,1-3H3,(H,24,28)/t20-/m0/s1. The van der Waals surface area contributed by atoms with Gasteiger partial charge in [0.15, 0.2) is 0 Å². The third-order valence-corrected chi connectivity index (χ3v) is 5.19. The van der Waals surface area contributed by atoms with Gasteiger partial charge in [-0.25, -0.2) is 0 Å². The molecule has 0 unspecified atom stereocenters. The quantitative estimate of drug-likeness (QED) is 0.732. The average Bonchev–Trinajstić information content (AvgIpc) is 2.78. The Morgan fingerprint density at radius 3 is 2.57 bits per heavy atom. The van der Waals surface area contributed by atoms with E-state index >= 15 is 0 Å². The molecule has 1 fully saturated rings. The van der Waals surface area contributed by atoms with Gasteiger partial charge in [-0.2, -0.15) is 0 Å². The Hall–Kier alpha value is -3.13. The molecule has 1 saturated heterocycles. The fourth-order valence-corrected chi connectivity index (χ4v) is 3.50. The summed E-state index contributed by atoms with van der Waals surface area (Å²) in [6.45, 7) is 2.42. The van der Waals surface area contributed by atoms with Crippen molar-refractivity contribution >= 4 is 17.5 Å². The van der Waals surface area contributed by atoms with Crippen molar-refractivity contribution in [1.82, 2.24) is 20.1 Å². The van der Waals surface area contributed by atoms with E-state index in [-0.39, 0.29) is 18.4 Å². The number of aromatic nitrogens is 1. The number of rotatable bonds is 7. The first-order valence-electron chi connectivity index (χ1n) is 9.98. The van der Waals surface area contributed by atoms with Crippen LogP contribution in [0.2, 0.25) is 0 Å². The molecule has 160 valence electrons. The van der Waals surface area contributed by atoms with Gasteiger partial charge in [0.05, 0.1) is 25.9 Å². The molecule has 1 atom stereocenters. The van der Waals surface area contributed by atoms with Gasteiger partial charge < -0.3 is 19.9 Å². The summed E-state index contributed by atoms with van der Waals surface area (Å²) in [4.78, 5) is 35.3. The maximum atomic E-state index is 12.8. The van der Waals surface area contributed by atoms with Crippen LogP contribution >= 0.6 is 0 Å². The van der Waals surface area contributed by atoms with E-state index in [9.17, 15) is 9.59 Å². The molecule has 30 heavy (non-hydrogen) atoms. The number of amides is 2. The molecular weight excluding hydrogens is 382 g/mol. The normalized spacial score (nSPS) is 16.8. The second-order valence-corrected chi connectivity index (χ2v) is 7.46. The molecule has 2 amide bonds. The van der Waals surface area contributed by atoms with Gasteiger partial charge in [0.2, 0.25) is 11.8 Å². The molecule has 2 aromatic rings. The highest BCUT2D eigenvalue weighted by atomic mass is 16.5. The number of nitrogens with one attached hydrogen (secondary N) is 1. The molecule has 1 aromatic heterocycles. The SMILES string of the molecule is COc1ccc(N2CCN(CC(=O)NCc3ccccn3)[C@H](C(=O)N(C)C)C2)cc1. The summed E-state index contributed by atoms with van der Waals surface area (Å²) >= 11 is 0. The lowest BCUT2D eigenvalue weighted by molar-refractivity contribution is -0.136. The first-order valence-corrected chi connectivity index (χ1v) is 9.98. The summed E-state index contributed by atoms with van der Waals surface area (Å²) in [5.74, 6) is 0.670. The minimum Gasteiger partial charge on any atom is -0.497 e. The van der Waals surface area contributed by atoms with E-state index in [1.807, 2.05) is 47.4 Å². The van der Waals surface area contributed by atoms with Gasteiger partial charge in [0.25, 0.3) is 0 Å². The summed E-state index contributed by atoms with van der Waals surface area (Å²) in [5.41, 5.74) is 1.84. The Morgan fingerprint density at radius 1 is 1.17 bits per heavy atom. The lowest BCUT2D eigenvalue weighted by Gasteiger charge is -2.42. The highest BCUT2D eigenvalue weighted by molar-refractivity contribution is 5.84. The molecule has 1 N–H and O–H groups in total. The van der Waals surface area contributed by atoms with Crippen LogP contribution in [0.3, 0.4) is 0 Å². The van der Waals surface area contributed by atoms with Crippen molar-refractivity contribution in [2.45, 2.75) is 12.6 Å². The van der Waals surface area contributed by atoms with Gasteiger partial charge in [-0.15, -0.1) is 0 Å². The summed E-state index contributed by atoms with van der Waals surface area (Å²) < 4.78 is 5.23. The Morgan fingerprint density at radius 2 is 1.93 bits per heavy atom. The Labute approximate surface area is 177 Å². The molecule has 0 radical (unpaired) electrons. The molecule has 0 bridgehead atoms. The molecule has 8 heteroatoms. The molecular formula is C22H29N5O3. The first-order chi connectivity index (χ1) is 14.5. The zero-order chi connectivity index (χ0) is 21.5. The first kappa shape index (κ1) is 21.6. The van der Waals surface area contributed by atoms with Gasteiger partial charge in [0, 0.05) is 45.6 Å². The van der Waals surface area contributed by atoms with E-state index in [1.165, 1.54) is 0 Å². The van der Waals surface area contributed by atoms with Crippen molar-refractivity contribution in [3.63, 3.8) is 0 Å². The number of likely N-dealkylation sites (N-methyl/N-ethyl adjacent to an activating group) is 1. The van der Waals surface area contributed by atoms with Crippen LogP contribution in [0.15, 0.2) is 48.7 Å². The van der Waals surface area contributed by atoms with Crippen molar-refractivity contribution in [1.29, 1.82) is 0 Å². The zero-order valence-corrected chi connectivity index (χ0v) is 17.7. The van der Waals surface area contributed by atoms with Gasteiger partial charge in [-0.1, -0.05) is 6.07 Å². The van der Waals surface area contributed by atoms with Crippen LogP contribution in [0, 0.1) is 0 Å². The van der Waals surface area contributed by atoms with Gasteiger partial charge in [-0.05, 0) is 36.4 Å². The van der Waals surface area contributed by atoms with Crippen molar-refractivity contribution in [3.8, 4) is 5.75 Å². The number of ether oxygens (including phenoxy) is 1. The molecule has 2 heterocycles. The predicted molar refractivity (Wildman–Crippen MR) is 115 cm³/mol. The van der Waals surface area contributed by atoms with Crippen molar-refractivity contribution < 1.29 is 14.3 Å². The Bertz CT molecular complexity index is 842. The van der Waals surface area contributed by atoms with Gasteiger partial charge in [0.1, 0.15) is 11.8 Å². The van der Waals surface area contributed by atoms with Crippen molar-refractivity contribution in [2.75, 3.05) is 52.3 Å². The fourth-order valence-electron chi connectivity index (χ4n) is 3.50. The highest BCUT2D eigenvalue weighted by Crippen LogP contribution is 2.23. The minimum absolute atomic E-state index is 0.00858. The van der Waals surface area contributed by atoms with Crippen LogP contribution in [-0.4, -0.2) is 80.0 Å². The lowest BCUT2D eigenvalue weighted by Crippen LogP contribution is -2.60. The van der Waals surface area contributed by atoms with E-state index in [0.29, 0.717) is 19.6 Å². The smallest absolute Gasteiger partial charge is 0.241 e. The lowest BCUT2D eigenvalue weighted by atomic mass is 10.1. The van der Waals surface area contributed by atoms with Crippen LogP contribution in [0.1, 0.15) is 5.69 Å². The Kier molecular flexibility index (Phi) is 7.24. The van der Waals surface area contributed by atoms with E-state index in [2.05, 4.69) is 15.2 Å².